The highest BCUT2D eigenvalue weighted by Gasteiger charge is 2.34. The van der Waals surface area contributed by atoms with Crippen LogP contribution in [-0.4, -0.2) is 12.6 Å². The van der Waals surface area contributed by atoms with Crippen molar-refractivity contribution in [2.45, 2.75) is 91.0 Å². The fourth-order valence-electron chi connectivity index (χ4n) is 4.50. The van der Waals surface area contributed by atoms with E-state index in [1.807, 2.05) is 0 Å². The summed E-state index contributed by atoms with van der Waals surface area (Å²) in [5.74, 6) is 1.82. The second kappa shape index (κ2) is 7.11. The third-order valence-electron chi connectivity index (χ3n) is 5.53. The second-order valence-corrected chi connectivity index (χ2v) is 8.00. The van der Waals surface area contributed by atoms with E-state index in [1.54, 1.807) is 0 Å². The third kappa shape index (κ3) is 4.77. The molecule has 0 bridgehead atoms. The summed E-state index contributed by atoms with van der Waals surface area (Å²) in [5, 5.41) is 3.97. The van der Waals surface area contributed by atoms with Gasteiger partial charge in [-0.1, -0.05) is 46.5 Å². The van der Waals surface area contributed by atoms with Crippen molar-refractivity contribution in [3.05, 3.63) is 0 Å². The molecule has 2 rings (SSSR count). The van der Waals surface area contributed by atoms with Crippen molar-refractivity contribution in [2.24, 2.45) is 17.3 Å². The lowest BCUT2D eigenvalue weighted by Gasteiger charge is -2.33. The first-order valence-electron chi connectivity index (χ1n) is 8.83. The van der Waals surface area contributed by atoms with Gasteiger partial charge in [0, 0.05) is 12.6 Å². The molecule has 2 atom stereocenters. The minimum absolute atomic E-state index is 0.645. The van der Waals surface area contributed by atoms with Gasteiger partial charge < -0.3 is 5.32 Å². The van der Waals surface area contributed by atoms with Gasteiger partial charge in [0.2, 0.25) is 0 Å². The van der Waals surface area contributed by atoms with Crippen LogP contribution in [0.25, 0.3) is 0 Å². The summed E-state index contributed by atoms with van der Waals surface area (Å²) in [7, 11) is 0. The summed E-state index contributed by atoms with van der Waals surface area (Å²) < 4.78 is 0. The second-order valence-electron chi connectivity index (χ2n) is 8.00. The highest BCUT2D eigenvalue weighted by molar-refractivity contribution is 4.89. The molecule has 2 saturated carbocycles. The van der Waals surface area contributed by atoms with E-state index in [9.17, 15) is 0 Å². The smallest absolute Gasteiger partial charge is 0.00673 e. The average molecular weight is 265 g/mol. The van der Waals surface area contributed by atoms with Crippen molar-refractivity contribution in [3.63, 3.8) is 0 Å². The zero-order valence-corrected chi connectivity index (χ0v) is 13.5. The molecular formula is C18H35N. The minimum atomic E-state index is 0.645. The Kier molecular flexibility index (Phi) is 5.74. The lowest BCUT2D eigenvalue weighted by molar-refractivity contribution is 0.211. The van der Waals surface area contributed by atoms with Crippen LogP contribution in [0.2, 0.25) is 0 Å². The molecule has 0 aromatic carbocycles. The highest BCUT2D eigenvalue weighted by Crippen LogP contribution is 2.42. The molecule has 0 aromatic heterocycles. The predicted octanol–water partition coefficient (Wildman–Crippen LogP) is 5.15. The quantitative estimate of drug-likeness (QED) is 0.678. The molecule has 0 saturated heterocycles. The maximum Gasteiger partial charge on any atom is 0.00673 e. The van der Waals surface area contributed by atoms with Gasteiger partial charge in [0.05, 0.1) is 0 Å². The Hall–Kier alpha value is -0.0400. The molecule has 2 aliphatic carbocycles. The molecule has 2 fully saturated rings. The molecule has 1 heteroatoms. The Bertz CT molecular complexity index is 252. The van der Waals surface area contributed by atoms with Crippen LogP contribution in [0.15, 0.2) is 0 Å². The third-order valence-corrected chi connectivity index (χ3v) is 5.53. The molecule has 0 radical (unpaired) electrons. The topological polar surface area (TPSA) is 12.0 Å². The molecule has 112 valence electrons. The normalized spacial score (nSPS) is 31.6. The van der Waals surface area contributed by atoms with E-state index in [0.717, 1.165) is 17.9 Å². The van der Waals surface area contributed by atoms with Crippen molar-refractivity contribution in [2.75, 3.05) is 6.54 Å². The van der Waals surface area contributed by atoms with E-state index >= 15 is 0 Å². The summed E-state index contributed by atoms with van der Waals surface area (Å²) in [4.78, 5) is 0. The van der Waals surface area contributed by atoms with E-state index in [0.29, 0.717) is 5.41 Å². The van der Waals surface area contributed by atoms with Gasteiger partial charge in [-0.05, 0) is 55.8 Å². The summed E-state index contributed by atoms with van der Waals surface area (Å²) in [6, 6.07) is 0.814. The van der Waals surface area contributed by atoms with Gasteiger partial charge in [-0.15, -0.1) is 0 Å². The Balaban J connectivity index is 1.81. The van der Waals surface area contributed by atoms with Crippen molar-refractivity contribution in [1.29, 1.82) is 0 Å². The lowest BCUT2D eigenvalue weighted by Crippen LogP contribution is -2.39. The predicted molar refractivity (Wildman–Crippen MR) is 84.4 cm³/mol. The lowest BCUT2D eigenvalue weighted by atomic mass is 9.78. The molecular weight excluding hydrogens is 230 g/mol. The van der Waals surface area contributed by atoms with Crippen LogP contribution in [0.1, 0.15) is 85.0 Å². The first-order chi connectivity index (χ1) is 9.10. The van der Waals surface area contributed by atoms with Crippen molar-refractivity contribution < 1.29 is 0 Å². The first-order valence-corrected chi connectivity index (χ1v) is 8.83. The van der Waals surface area contributed by atoms with Crippen LogP contribution >= 0.6 is 0 Å². The molecule has 0 heterocycles. The van der Waals surface area contributed by atoms with Crippen molar-refractivity contribution in [3.8, 4) is 0 Å². The Labute approximate surface area is 120 Å². The summed E-state index contributed by atoms with van der Waals surface area (Å²) in [5.41, 5.74) is 0.645. The van der Waals surface area contributed by atoms with E-state index in [2.05, 4.69) is 26.1 Å². The van der Waals surface area contributed by atoms with Gasteiger partial charge in [-0.25, -0.2) is 0 Å². The average Bonchev–Trinajstić information content (AvgIpc) is 2.69. The van der Waals surface area contributed by atoms with Crippen LogP contribution in [0, 0.1) is 17.3 Å². The van der Waals surface area contributed by atoms with Gasteiger partial charge in [-0.3, -0.25) is 0 Å². The van der Waals surface area contributed by atoms with E-state index in [-0.39, 0.29) is 0 Å². The summed E-state index contributed by atoms with van der Waals surface area (Å²) >= 11 is 0. The fourth-order valence-corrected chi connectivity index (χ4v) is 4.50. The largest absolute Gasteiger partial charge is 0.313 e. The van der Waals surface area contributed by atoms with Crippen LogP contribution in [0.5, 0.6) is 0 Å². The Morgan fingerprint density at radius 1 is 1.00 bits per heavy atom. The minimum Gasteiger partial charge on any atom is -0.313 e. The molecule has 1 nitrogen and oxygen atoms in total. The zero-order valence-electron chi connectivity index (χ0n) is 13.5. The Morgan fingerprint density at radius 3 is 2.42 bits per heavy atom. The summed E-state index contributed by atoms with van der Waals surface area (Å²) in [6.07, 6.45) is 14.5. The molecule has 1 N–H and O–H groups in total. The van der Waals surface area contributed by atoms with Crippen LogP contribution in [0.3, 0.4) is 0 Å². The molecule has 2 unspecified atom stereocenters. The van der Waals surface area contributed by atoms with Crippen molar-refractivity contribution >= 4 is 0 Å². The number of rotatable bonds is 5. The highest BCUT2D eigenvalue weighted by atomic mass is 14.9. The summed E-state index contributed by atoms with van der Waals surface area (Å²) in [6.45, 7) is 8.52. The number of hydrogen-bond donors (Lipinski definition) is 1. The first kappa shape index (κ1) is 15.4. The van der Waals surface area contributed by atoms with Crippen LogP contribution < -0.4 is 5.32 Å². The van der Waals surface area contributed by atoms with Crippen LogP contribution in [-0.2, 0) is 0 Å². The van der Waals surface area contributed by atoms with Gasteiger partial charge >= 0.3 is 0 Å². The maximum atomic E-state index is 3.97. The van der Waals surface area contributed by atoms with Crippen molar-refractivity contribution in [1.82, 2.24) is 5.32 Å². The van der Waals surface area contributed by atoms with Crippen LogP contribution in [0.4, 0.5) is 0 Å². The molecule has 0 amide bonds. The zero-order chi connectivity index (χ0) is 13.7. The monoisotopic (exact) mass is 265 g/mol. The van der Waals surface area contributed by atoms with Gasteiger partial charge in [-0.2, -0.15) is 0 Å². The van der Waals surface area contributed by atoms with E-state index in [4.69, 9.17) is 0 Å². The van der Waals surface area contributed by atoms with E-state index in [1.165, 1.54) is 70.8 Å². The Morgan fingerprint density at radius 2 is 1.74 bits per heavy atom. The maximum absolute atomic E-state index is 3.97. The fraction of sp³-hybridized carbons (Fsp3) is 1.00. The SMILES string of the molecule is CC(C)CC1(CNC2CCCC(C)CC2)CCCC1. The van der Waals surface area contributed by atoms with Gasteiger partial charge in [0.25, 0.3) is 0 Å². The molecule has 0 spiro atoms. The number of hydrogen-bond acceptors (Lipinski definition) is 1. The van der Waals surface area contributed by atoms with Gasteiger partial charge in [0.15, 0.2) is 0 Å². The van der Waals surface area contributed by atoms with Gasteiger partial charge in [0.1, 0.15) is 0 Å². The standard InChI is InChI=1S/C18H35N/c1-15(2)13-18(11-4-5-12-18)14-19-17-8-6-7-16(3)9-10-17/h15-17,19H,4-14H2,1-3H3. The molecule has 19 heavy (non-hydrogen) atoms. The molecule has 2 aliphatic rings. The molecule has 0 aliphatic heterocycles. The molecule has 0 aromatic rings. The van der Waals surface area contributed by atoms with E-state index < -0.39 is 0 Å². The number of nitrogens with one attached hydrogen (secondary N) is 1.